The molecule has 4 nitrogen and oxygen atoms in total. The molecule has 0 aliphatic rings. The standard InChI is InChI=1S/C31H34O4S2/c1-9-28(36(32,33)30(3,4)5)18-22-14-25-16-24-13-21-10-11-29(37(34,35)31(6,7)8)19-27(21)17-26(24)15-23(25)12-20(22)2/h9-19H,2H2,1,3-8H3/b22-18+,28-9-. The number of fused-ring (bicyclic) bond motifs is 3. The Bertz CT molecular complexity index is 1930. The van der Waals surface area contributed by atoms with Crippen molar-refractivity contribution >= 4 is 64.6 Å². The van der Waals surface area contributed by atoms with Crippen molar-refractivity contribution in [3.8, 4) is 0 Å². The lowest BCUT2D eigenvalue weighted by molar-refractivity contribution is 0.560. The van der Waals surface area contributed by atoms with Gasteiger partial charge in [-0.15, -0.1) is 0 Å². The number of hydrogen-bond acceptors (Lipinski definition) is 4. The van der Waals surface area contributed by atoms with Crippen molar-refractivity contribution in [2.24, 2.45) is 0 Å². The lowest BCUT2D eigenvalue weighted by atomic mass is 9.99. The van der Waals surface area contributed by atoms with Gasteiger partial charge in [-0.2, -0.15) is 0 Å². The molecule has 4 aromatic carbocycles. The summed E-state index contributed by atoms with van der Waals surface area (Å²) in [4.78, 5) is 0.593. The molecule has 4 aromatic rings. The van der Waals surface area contributed by atoms with Crippen molar-refractivity contribution in [1.29, 1.82) is 0 Å². The van der Waals surface area contributed by atoms with E-state index in [2.05, 4.69) is 24.8 Å². The molecular weight excluding hydrogens is 500 g/mol. The molecule has 0 fully saturated rings. The van der Waals surface area contributed by atoms with Crippen LogP contribution in [0.3, 0.4) is 0 Å². The van der Waals surface area contributed by atoms with Crippen LogP contribution in [0.2, 0.25) is 0 Å². The van der Waals surface area contributed by atoms with Crippen LogP contribution in [0.1, 0.15) is 48.5 Å². The highest BCUT2D eigenvalue weighted by atomic mass is 32.2. The van der Waals surface area contributed by atoms with E-state index < -0.39 is 29.2 Å². The summed E-state index contributed by atoms with van der Waals surface area (Å²) in [6.45, 7) is 16.1. The van der Waals surface area contributed by atoms with Crippen molar-refractivity contribution in [3.63, 3.8) is 0 Å². The van der Waals surface area contributed by atoms with E-state index in [1.165, 1.54) is 0 Å². The Morgan fingerprint density at radius 1 is 0.676 bits per heavy atom. The summed E-state index contributed by atoms with van der Waals surface area (Å²) in [5, 5.41) is 7.26. The van der Waals surface area contributed by atoms with Crippen molar-refractivity contribution in [1.82, 2.24) is 0 Å². The van der Waals surface area contributed by atoms with Crippen LogP contribution >= 0.6 is 0 Å². The smallest absolute Gasteiger partial charge is 0.183 e. The second-order valence-corrected chi connectivity index (χ2v) is 16.9. The molecule has 194 valence electrons. The predicted octanol–water partition coefficient (Wildman–Crippen LogP) is 6.03. The molecule has 4 rings (SSSR count). The molecule has 0 bridgehead atoms. The summed E-state index contributed by atoms with van der Waals surface area (Å²) >= 11 is 0. The molecule has 0 heterocycles. The zero-order valence-corrected chi connectivity index (χ0v) is 24.1. The van der Waals surface area contributed by atoms with E-state index in [1.807, 2.05) is 24.3 Å². The highest BCUT2D eigenvalue weighted by molar-refractivity contribution is 7.97. The number of hydrogen-bond donors (Lipinski definition) is 0. The molecule has 0 atom stereocenters. The van der Waals surface area contributed by atoms with Crippen molar-refractivity contribution < 1.29 is 16.8 Å². The second kappa shape index (κ2) is 8.81. The first kappa shape index (κ1) is 27.1. The highest BCUT2D eigenvalue weighted by Gasteiger charge is 2.32. The molecule has 0 saturated carbocycles. The Hall–Kier alpha value is -2.96. The number of allylic oxidation sites excluding steroid dienone is 2. The molecule has 0 radical (unpaired) electrons. The summed E-state index contributed by atoms with van der Waals surface area (Å²) in [5.41, 5.74) is 0. The van der Waals surface area contributed by atoms with E-state index in [1.54, 1.807) is 72.8 Å². The summed E-state index contributed by atoms with van der Waals surface area (Å²) in [6.07, 6.45) is 3.33. The summed E-state index contributed by atoms with van der Waals surface area (Å²) < 4.78 is 50.2. The van der Waals surface area contributed by atoms with Crippen molar-refractivity contribution in [2.75, 3.05) is 0 Å². The third-order valence-corrected chi connectivity index (χ3v) is 11.9. The third-order valence-electron chi connectivity index (χ3n) is 6.80. The van der Waals surface area contributed by atoms with Crippen LogP contribution in [0.15, 0.2) is 70.5 Å². The Morgan fingerprint density at radius 2 is 1.16 bits per heavy atom. The van der Waals surface area contributed by atoms with Gasteiger partial charge in [0.05, 0.1) is 19.3 Å². The predicted molar refractivity (Wildman–Crippen MR) is 158 cm³/mol. The minimum absolute atomic E-state index is 0.275. The lowest BCUT2D eigenvalue weighted by Crippen LogP contribution is -2.30. The molecule has 0 N–H and O–H groups in total. The molecule has 6 heteroatoms. The maximum Gasteiger partial charge on any atom is 0.183 e. The van der Waals surface area contributed by atoms with Crippen LogP contribution in [-0.2, 0) is 19.7 Å². The van der Waals surface area contributed by atoms with E-state index in [4.69, 9.17) is 0 Å². The highest BCUT2D eigenvalue weighted by Crippen LogP contribution is 2.31. The summed E-state index contributed by atoms with van der Waals surface area (Å²) in [7, 11) is -6.96. The minimum atomic E-state index is -3.50. The SMILES string of the molecule is C=c1cc2cc3cc4cc(S(=O)(=O)C(C)(C)C)ccc4cc3cc2c/c1=C\C(=C\C)S(=O)(=O)C(C)(C)C. The van der Waals surface area contributed by atoms with E-state index in [0.717, 1.165) is 42.8 Å². The Morgan fingerprint density at radius 3 is 1.68 bits per heavy atom. The quantitative estimate of drug-likeness (QED) is 0.301. The molecule has 37 heavy (non-hydrogen) atoms. The topological polar surface area (TPSA) is 68.3 Å². The van der Waals surface area contributed by atoms with Crippen LogP contribution in [0.25, 0.3) is 45.0 Å². The van der Waals surface area contributed by atoms with Gasteiger partial charge in [0, 0.05) is 0 Å². The van der Waals surface area contributed by atoms with Gasteiger partial charge in [0.2, 0.25) is 0 Å². The Kier molecular flexibility index (Phi) is 6.45. The maximum atomic E-state index is 13.0. The van der Waals surface area contributed by atoms with Gasteiger partial charge in [0.25, 0.3) is 0 Å². The molecule has 0 unspecified atom stereocenters. The van der Waals surface area contributed by atoms with Crippen molar-refractivity contribution in [3.05, 3.63) is 76.0 Å². The van der Waals surface area contributed by atoms with Crippen LogP contribution < -0.4 is 10.4 Å². The van der Waals surface area contributed by atoms with E-state index in [-0.39, 0.29) is 4.91 Å². The number of benzene rings is 4. The van der Waals surface area contributed by atoms with Gasteiger partial charge in [-0.3, -0.25) is 0 Å². The van der Waals surface area contributed by atoms with Gasteiger partial charge >= 0.3 is 0 Å². The van der Waals surface area contributed by atoms with Crippen LogP contribution in [-0.4, -0.2) is 26.3 Å². The zero-order valence-electron chi connectivity index (χ0n) is 22.5. The molecular formula is C31H34O4S2. The van der Waals surface area contributed by atoms with Gasteiger partial charge in [-0.05, 0) is 146 Å². The minimum Gasteiger partial charge on any atom is -0.223 e. The number of sulfone groups is 2. The van der Waals surface area contributed by atoms with Gasteiger partial charge in [-0.25, -0.2) is 16.8 Å². The Balaban J connectivity index is 1.92. The molecule has 0 aliphatic heterocycles. The molecule has 0 saturated heterocycles. The first-order valence-corrected chi connectivity index (χ1v) is 15.2. The van der Waals surface area contributed by atoms with E-state index >= 15 is 0 Å². The largest absolute Gasteiger partial charge is 0.223 e. The first-order valence-electron chi connectivity index (χ1n) is 12.2. The van der Waals surface area contributed by atoms with Crippen LogP contribution in [0, 0.1) is 0 Å². The summed E-state index contributed by atoms with van der Waals surface area (Å²) in [5.74, 6) is 0. The first-order chi connectivity index (χ1) is 17.0. The van der Waals surface area contributed by atoms with E-state index in [0.29, 0.717) is 4.90 Å². The summed E-state index contributed by atoms with van der Waals surface area (Å²) in [6, 6.07) is 17.4. The van der Waals surface area contributed by atoms with E-state index in [9.17, 15) is 16.8 Å². The normalized spacial score (nSPS) is 14.7. The molecule has 0 aromatic heterocycles. The molecule has 0 amide bonds. The second-order valence-electron chi connectivity index (χ2n) is 11.5. The fourth-order valence-corrected chi connectivity index (χ4v) is 6.86. The maximum absolute atomic E-state index is 13.0. The molecule has 0 aliphatic carbocycles. The monoisotopic (exact) mass is 534 g/mol. The third kappa shape index (κ3) is 4.73. The lowest BCUT2D eigenvalue weighted by Gasteiger charge is -2.19. The van der Waals surface area contributed by atoms with Gasteiger partial charge in [-0.1, -0.05) is 18.7 Å². The fraction of sp³-hybridized carbons (Fsp3) is 0.290. The average molecular weight is 535 g/mol. The Labute approximate surface area is 219 Å². The fourth-order valence-electron chi connectivity index (χ4n) is 4.32. The van der Waals surface area contributed by atoms with Gasteiger partial charge in [0.1, 0.15) is 0 Å². The van der Waals surface area contributed by atoms with Crippen molar-refractivity contribution in [2.45, 2.75) is 62.9 Å². The van der Waals surface area contributed by atoms with Crippen LogP contribution in [0.4, 0.5) is 0 Å². The number of rotatable bonds is 3. The average Bonchev–Trinajstić information content (AvgIpc) is 2.78. The van der Waals surface area contributed by atoms with Gasteiger partial charge in [0.15, 0.2) is 19.7 Å². The zero-order chi connectivity index (χ0) is 27.6. The van der Waals surface area contributed by atoms with Crippen LogP contribution in [0.5, 0.6) is 0 Å². The van der Waals surface area contributed by atoms with Gasteiger partial charge < -0.3 is 0 Å². The molecule has 0 spiro atoms.